The summed E-state index contributed by atoms with van der Waals surface area (Å²) >= 11 is 0. The number of ether oxygens (including phenoxy) is 4. The highest BCUT2D eigenvalue weighted by Gasteiger charge is 2.18. The van der Waals surface area contributed by atoms with Crippen LogP contribution >= 0.6 is 0 Å². The number of hydrogen-bond acceptors (Lipinski definition) is 6. The Hall–Kier alpha value is -2.99. The number of benzene rings is 2. The van der Waals surface area contributed by atoms with Gasteiger partial charge >= 0.3 is 0 Å². The van der Waals surface area contributed by atoms with Crippen molar-refractivity contribution in [1.82, 2.24) is 0 Å². The van der Waals surface area contributed by atoms with E-state index in [-0.39, 0.29) is 12.2 Å². The zero-order valence-corrected chi connectivity index (χ0v) is 14.2. The summed E-state index contributed by atoms with van der Waals surface area (Å²) in [6, 6.07) is 10.4. The number of fused-ring (bicyclic) bond motifs is 1. The highest BCUT2D eigenvalue weighted by atomic mass is 16.7. The molecule has 130 valence electrons. The summed E-state index contributed by atoms with van der Waals surface area (Å²) in [5.74, 6) is 1.40. The summed E-state index contributed by atoms with van der Waals surface area (Å²) in [5, 5.41) is 0.493. The van der Waals surface area contributed by atoms with Crippen LogP contribution < -0.4 is 19.6 Å². The fourth-order valence-electron chi connectivity index (χ4n) is 2.58. The molecule has 25 heavy (non-hydrogen) atoms. The standard InChI is InChI=1S/C19H18O6/c1-21-11-25-16-9-18(23-3)17(22-2)8-13(16)14-10-24-15-7-5-4-6-12(15)19(14)20/h4-10H,11H2,1-3H3. The molecule has 0 amide bonds. The van der Waals surface area contributed by atoms with Gasteiger partial charge in [-0.05, 0) is 18.2 Å². The first-order valence-electron chi connectivity index (χ1n) is 7.58. The number of hydrogen-bond donors (Lipinski definition) is 0. The minimum Gasteiger partial charge on any atom is -0.493 e. The Kier molecular flexibility index (Phi) is 4.90. The van der Waals surface area contributed by atoms with E-state index < -0.39 is 0 Å². The van der Waals surface area contributed by atoms with Crippen LogP contribution in [0.2, 0.25) is 0 Å². The molecule has 3 aromatic rings. The van der Waals surface area contributed by atoms with Gasteiger partial charge in [0.05, 0.1) is 25.2 Å². The van der Waals surface area contributed by atoms with Gasteiger partial charge in [0.25, 0.3) is 0 Å². The Morgan fingerprint density at radius 2 is 1.64 bits per heavy atom. The first kappa shape index (κ1) is 16.9. The fourth-order valence-corrected chi connectivity index (χ4v) is 2.58. The van der Waals surface area contributed by atoms with E-state index in [1.165, 1.54) is 27.6 Å². The Morgan fingerprint density at radius 1 is 0.920 bits per heavy atom. The van der Waals surface area contributed by atoms with Crippen LogP contribution in [-0.2, 0) is 4.74 Å². The molecule has 0 aliphatic heterocycles. The highest BCUT2D eigenvalue weighted by Crippen LogP contribution is 2.39. The average Bonchev–Trinajstić information content (AvgIpc) is 2.66. The molecule has 1 heterocycles. The third-order valence-corrected chi connectivity index (χ3v) is 3.79. The third kappa shape index (κ3) is 3.16. The van der Waals surface area contributed by atoms with Gasteiger partial charge in [0.2, 0.25) is 5.43 Å². The molecule has 0 bridgehead atoms. The van der Waals surface area contributed by atoms with Crippen LogP contribution in [0, 0.1) is 0 Å². The van der Waals surface area contributed by atoms with E-state index in [1.807, 2.05) is 6.07 Å². The molecule has 0 N–H and O–H groups in total. The predicted molar refractivity (Wildman–Crippen MR) is 93.5 cm³/mol. The molecule has 3 rings (SSSR count). The summed E-state index contributed by atoms with van der Waals surface area (Å²) in [6.45, 7) is 0.0292. The molecule has 0 unspecified atom stereocenters. The van der Waals surface area contributed by atoms with Crippen LogP contribution in [0.5, 0.6) is 17.2 Å². The predicted octanol–water partition coefficient (Wildman–Crippen LogP) is 3.46. The largest absolute Gasteiger partial charge is 0.493 e. The van der Waals surface area contributed by atoms with Crippen molar-refractivity contribution in [2.75, 3.05) is 28.1 Å². The van der Waals surface area contributed by atoms with Gasteiger partial charge in [-0.2, -0.15) is 0 Å². The first-order chi connectivity index (χ1) is 12.2. The Balaban J connectivity index is 2.24. The molecule has 6 heteroatoms. The molecular formula is C19H18O6. The van der Waals surface area contributed by atoms with E-state index >= 15 is 0 Å². The Bertz CT molecular complexity index is 944. The minimum atomic E-state index is -0.156. The zero-order chi connectivity index (χ0) is 17.8. The molecule has 0 fully saturated rings. The summed E-state index contributed by atoms with van der Waals surface area (Å²) in [5.41, 5.74) is 1.27. The van der Waals surface area contributed by atoms with Gasteiger partial charge < -0.3 is 23.4 Å². The van der Waals surface area contributed by atoms with Crippen molar-refractivity contribution >= 4 is 11.0 Å². The zero-order valence-electron chi connectivity index (χ0n) is 14.2. The summed E-state index contributed by atoms with van der Waals surface area (Å²) in [7, 11) is 4.58. The Labute approximate surface area is 144 Å². The third-order valence-electron chi connectivity index (χ3n) is 3.79. The maximum atomic E-state index is 12.9. The van der Waals surface area contributed by atoms with Gasteiger partial charge in [0, 0.05) is 18.7 Å². The molecule has 0 atom stereocenters. The molecule has 1 aromatic heterocycles. The van der Waals surface area contributed by atoms with Gasteiger partial charge in [-0.15, -0.1) is 0 Å². The molecule has 0 saturated carbocycles. The molecule has 2 aromatic carbocycles. The van der Waals surface area contributed by atoms with Gasteiger partial charge in [-0.25, -0.2) is 0 Å². The lowest BCUT2D eigenvalue weighted by Crippen LogP contribution is -2.08. The number of methoxy groups -OCH3 is 3. The molecule has 0 radical (unpaired) electrons. The van der Waals surface area contributed by atoms with Crippen molar-refractivity contribution in [2.24, 2.45) is 0 Å². The van der Waals surface area contributed by atoms with Crippen LogP contribution in [0.3, 0.4) is 0 Å². The van der Waals surface area contributed by atoms with Crippen molar-refractivity contribution < 1.29 is 23.4 Å². The van der Waals surface area contributed by atoms with E-state index in [2.05, 4.69) is 0 Å². The topological polar surface area (TPSA) is 67.1 Å². The van der Waals surface area contributed by atoms with E-state index in [0.29, 0.717) is 39.3 Å². The van der Waals surface area contributed by atoms with Gasteiger partial charge in [-0.1, -0.05) is 12.1 Å². The van der Waals surface area contributed by atoms with E-state index in [1.54, 1.807) is 30.3 Å². The number of rotatable bonds is 6. The first-order valence-corrected chi connectivity index (χ1v) is 7.58. The average molecular weight is 342 g/mol. The van der Waals surface area contributed by atoms with Gasteiger partial charge in [-0.3, -0.25) is 4.79 Å². The molecule has 6 nitrogen and oxygen atoms in total. The van der Waals surface area contributed by atoms with Crippen LogP contribution in [0.4, 0.5) is 0 Å². The van der Waals surface area contributed by atoms with Crippen molar-refractivity contribution in [3.8, 4) is 28.4 Å². The molecule has 0 saturated heterocycles. The van der Waals surface area contributed by atoms with E-state index in [4.69, 9.17) is 23.4 Å². The maximum absolute atomic E-state index is 12.9. The smallest absolute Gasteiger partial charge is 0.200 e. The second-order valence-electron chi connectivity index (χ2n) is 5.23. The van der Waals surface area contributed by atoms with Gasteiger partial charge in [0.1, 0.15) is 17.6 Å². The molecular weight excluding hydrogens is 324 g/mol. The molecule has 0 spiro atoms. The van der Waals surface area contributed by atoms with Crippen molar-refractivity contribution in [2.45, 2.75) is 0 Å². The van der Waals surface area contributed by atoms with E-state index in [9.17, 15) is 4.79 Å². The highest BCUT2D eigenvalue weighted by molar-refractivity contribution is 5.83. The lowest BCUT2D eigenvalue weighted by atomic mass is 10.0. The van der Waals surface area contributed by atoms with Crippen LogP contribution in [-0.4, -0.2) is 28.1 Å². The second kappa shape index (κ2) is 7.27. The lowest BCUT2D eigenvalue weighted by molar-refractivity contribution is 0.0513. The minimum absolute atomic E-state index is 0.0292. The number of para-hydroxylation sites is 1. The quantitative estimate of drug-likeness (QED) is 0.639. The van der Waals surface area contributed by atoms with Crippen molar-refractivity contribution in [1.29, 1.82) is 0 Å². The Morgan fingerprint density at radius 3 is 2.36 bits per heavy atom. The van der Waals surface area contributed by atoms with E-state index in [0.717, 1.165) is 0 Å². The lowest BCUT2D eigenvalue weighted by Gasteiger charge is -2.15. The fraction of sp³-hybridized carbons (Fsp3) is 0.211. The van der Waals surface area contributed by atoms with Crippen LogP contribution in [0.25, 0.3) is 22.1 Å². The van der Waals surface area contributed by atoms with Crippen LogP contribution in [0.1, 0.15) is 0 Å². The molecule has 0 aliphatic carbocycles. The second-order valence-corrected chi connectivity index (χ2v) is 5.23. The van der Waals surface area contributed by atoms with Gasteiger partial charge in [0.15, 0.2) is 18.3 Å². The normalized spacial score (nSPS) is 10.7. The maximum Gasteiger partial charge on any atom is 0.200 e. The monoisotopic (exact) mass is 342 g/mol. The summed E-state index contributed by atoms with van der Waals surface area (Å²) < 4.78 is 26.8. The van der Waals surface area contributed by atoms with Crippen molar-refractivity contribution in [3.63, 3.8) is 0 Å². The summed E-state index contributed by atoms with van der Waals surface area (Å²) in [4.78, 5) is 12.9. The molecule has 0 aliphatic rings. The van der Waals surface area contributed by atoms with Crippen molar-refractivity contribution in [3.05, 3.63) is 52.9 Å². The van der Waals surface area contributed by atoms with Crippen LogP contribution in [0.15, 0.2) is 51.9 Å². The SMILES string of the molecule is COCOc1cc(OC)c(OC)cc1-c1coc2ccccc2c1=O. The summed E-state index contributed by atoms with van der Waals surface area (Å²) in [6.07, 6.45) is 1.42.